The van der Waals surface area contributed by atoms with Gasteiger partial charge in [-0.15, -0.1) is 0 Å². The van der Waals surface area contributed by atoms with Crippen LogP contribution < -0.4 is 10.0 Å². The quantitative estimate of drug-likeness (QED) is 0.532. The zero-order valence-corrected chi connectivity index (χ0v) is 17.9. The summed E-state index contributed by atoms with van der Waals surface area (Å²) in [6, 6.07) is 15.1. The lowest BCUT2D eigenvalue weighted by atomic mass is 10.1. The van der Waals surface area contributed by atoms with Gasteiger partial charge < -0.3 is 5.32 Å². The number of carbonyl (C=O) groups is 1. The molecular weight excluding hydrogens is 427 g/mol. The second-order valence-corrected chi connectivity index (χ2v) is 8.73. The van der Waals surface area contributed by atoms with E-state index in [1.807, 2.05) is 19.1 Å². The number of benzene rings is 3. The van der Waals surface area contributed by atoms with Gasteiger partial charge in [0.2, 0.25) is 0 Å². The van der Waals surface area contributed by atoms with Crippen LogP contribution in [0.3, 0.4) is 0 Å². The minimum absolute atomic E-state index is 0.149. The van der Waals surface area contributed by atoms with E-state index >= 15 is 0 Å². The smallest absolute Gasteiger partial charge is 0.262 e. The Kier molecular flexibility index (Phi) is 6.43. The van der Waals surface area contributed by atoms with E-state index in [0.717, 1.165) is 17.2 Å². The van der Waals surface area contributed by atoms with E-state index in [0.29, 0.717) is 12.1 Å². The normalized spacial score (nSPS) is 11.2. The fourth-order valence-electron chi connectivity index (χ4n) is 2.96. The van der Waals surface area contributed by atoms with Crippen molar-refractivity contribution >= 4 is 38.9 Å². The number of rotatable bonds is 6. The lowest BCUT2D eigenvalue weighted by molar-refractivity contribution is 0.102. The molecule has 0 aliphatic heterocycles. The molecule has 0 bridgehead atoms. The Morgan fingerprint density at radius 2 is 1.80 bits per heavy atom. The van der Waals surface area contributed by atoms with Crippen LogP contribution in [-0.4, -0.2) is 14.3 Å². The maximum atomic E-state index is 14.6. The van der Waals surface area contributed by atoms with E-state index in [1.54, 1.807) is 31.2 Å². The first-order valence-corrected chi connectivity index (χ1v) is 11.1. The van der Waals surface area contributed by atoms with Crippen molar-refractivity contribution in [2.75, 3.05) is 10.0 Å². The number of carbonyl (C=O) groups excluding carboxylic acids is 1. The summed E-state index contributed by atoms with van der Waals surface area (Å²) in [4.78, 5) is 12.1. The third-order valence-corrected chi connectivity index (χ3v) is 6.27. The first-order chi connectivity index (χ1) is 14.2. The summed E-state index contributed by atoms with van der Waals surface area (Å²) in [7, 11) is -4.02. The van der Waals surface area contributed by atoms with E-state index < -0.39 is 21.7 Å². The number of halogens is 2. The number of amides is 1. The second-order valence-electron chi connectivity index (χ2n) is 6.64. The van der Waals surface area contributed by atoms with Crippen LogP contribution in [0.4, 0.5) is 15.8 Å². The van der Waals surface area contributed by atoms with Gasteiger partial charge in [0.05, 0.1) is 26.9 Å². The summed E-state index contributed by atoms with van der Waals surface area (Å²) in [5.74, 6) is -1.47. The van der Waals surface area contributed by atoms with Gasteiger partial charge in [0.25, 0.3) is 15.9 Å². The summed E-state index contributed by atoms with van der Waals surface area (Å²) in [6.07, 6.45) is 0.640. The lowest BCUT2D eigenvalue weighted by Crippen LogP contribution is -2.17. The van der Waals surface area contributed by atoms with Gasteiger partial charge in [-0.1, -0.05) is 48.9 Å². The van der Waals surface area contributed by atoms with Crippen molar-refractivity contribution < 1.29 is 17.6 Å². The van der Waals surface area contributed by atoms with E-state index in [-0.39, 0.29) is 21.2 Å². The largest absolute Gasteiger partial charge is 0.319 e. The molecule has 5 nitrogen and oxygen atoms in total. The highest BCUT2D eigenvalue weighted by atomic mass is 35.5. The Morgan fingerprint density at radius 3 is 2.47 bits per heavy atom. The molecule has 3 rings (SSSR count). The molecule has 3 aromatic carbocycles. The molecule has 0 unspecified atom stereocenters. The Bertz CT molecular complexity index is 1210. The maximum absolute atomic E-state index is 14.6. The molecule has 156 valence electrons. The average Bonchev–Trinajstić information content (AvgIpc) is 2.71. The highest BCUT2D eigenvalue weighted by molar-refractivity contribution is 7.92. The molecule has 0 aliphatic carbocycles. The molecule has 0 aliphatic rings. The molecule has 30 heavy (non-hydrogen) atoms. The van der Waals surface area contributed by atoms with Gasteiger partial charge in [-0.05, 0) is 54.8 Å². The summed E-state index contributed by atoms with van der Waals surface area (Å²) in [5.41, 5.74) is 2.12. The third-order valence-electron chi connectivity index (χ3n) is 4.59. The lowest BCUT2D eigenvalue weighted by Gasteiger charge is -2.15. The Labute approximate surface area is 179 Å². The standard InChI is InChI=1S/C22H20ClFN2O3S/c1-3-15-8-6-7-14(2)21(15)26-30(28,29)16-11-12-20(19(24)13-16)25-22(27)17-9-4-5-10-18(17)23/h4-13,26H,3H2,1-2H3,(H,25,27). The van der Waals surface area contributed by atoms with Gasteiger partial charge in [0.15, 0.2) is 0 Å². The number of hydrogen-bond donors (Lipinski definition) is 2. The Morgan fingerprint density at radius 1 is 1.07 bits per heavy atom. The van der Waals surface area contributed by atoms with Crippen LogP contribution in [0.15, 0.2) is 65.6 Å². The highest BCUT2D eigenvalue weighted by Crippen LogP contribution is 2.26. The molecule has 2 N–H and O–H groups in total. The molecule has 0 atom stereocenters. The van der Waals surface area contributed by atoms with Gasteiger partial charge in [-0.2, -0.15) is 0 Å². The van der Waals surface area contributed by atoms with Crippen LogP contribution in [0.1, 0.15) is 28.4 Å². The summed E-state index contributed by atoms with van der Waals surface area (Å²) in [6.45, 7) is 3.72. The Balaban J connectivity index is 1.86. The van der Waals surface area contributed by atoms with Gasteiger partial charge in [0, 0.05) is 0 Å². The van der Waals surface area contributed by atoms with Crippen molar-refractivity contribution in [2.45, 2.75) is 25.2 Å². The van der Waals surface area contributed by atoms with Crippen LogP contribution in [0.25, 0.3) is 0 Å². The van der Waals surface area contributed by atoms with Crippen LogP contribution >= 0.6 is 11.6 Å². The van der Waals surface area contributed by atoms with E-state index in [9.17, 15) is 17.6 Å². The fraction of sp³-hybridized carbons (Fsp3) is 0.136. The average molecular weight is 447 g/mol. The summed E-state index contributed by atoms with van der Waals surface area (Å²) in [5, 5.41) is 2.64. The molecule has 0 spiro atoms. The number of aryl methyl sites for hydroxylation is 2. The zero-order valence-electron chi connectivity index (χ0n) is 16.4. The van der Waals surface area contributed by atoms with Gasteiger partial charge >= 0.3 is 0 Å². The Hall–Kier alpha value is -2.90. The molecule has 0 radical (unpaired) electrons. The van der Waals surface area contributed by atoms with Crippen molar-refractivity contribution in [3.8, 4) is 0 Å². The minimum Gasteiger partial charge on any atom is -0.319 e. The first-order valence-electron chi connectivity index (χ1n) is 9.19. The molecule has 8 heteroatoms. The fourth-order valence-corrected chi connectivity index (χ4v) is 4.37. The summed E-state index contributed by atoms with van der Waals surface area (Å²) < 4.78 is 42.7. The van der Waals surface area contributed by atoms with Crippen molar-refractivity contribution in [2.24, 2.45) is 0 Å². The molecule has 0 aromatic heterocycles. The van der Waals surface area contributed by atoms with Gasteiger partial charge in [-0.25, -0.2) is 12.8 Å². The molecule has 0 fully saturated rings. The SMILES string of the molecule is CCc1cccc(C)c1NS(=O)(=O)c1ccc(NC(=O)c2ccccc2Cl)c(F)c1. The van der Waals surface area contributed by atoms with Crippen LogP contribution in [-0.2, 0) is 16.4 Å². The third kappa shape index (κ3) is 4.63. The van der Waals surface area contributed by atoms with Crippen molar-refractivity contribution in [3.05, 3.63) is 88.2 Å². The molecular formula is C22H20ClFN2O3S. The number of para-hydroxylation sites is 1. The molecule has 1 amide bonds. The topological polar surface area (TPSA) is 75.3 Å². The number of hydrogen-bond acceptors (Lipinski definition) is 3. The van der Waals surface area contributed by atoms with Crippen molar-refractivity contribution in [3.63, 3.8) is 0 Å². The monoisotopic (exact) mass is 446 g/mol. The molecule has 0 heterocycles. The maximum Gasteiger partial charge on any atom is 0.262 e. The van der Waals surface area contributed by atoms with E-state index in [2.05, 4.69) is 10.0 Å². The van der Waals surface area contributed by atoms with Gasteiger partial charge in [0.1, 0.15) is 5.82 Å². The van der Waals surface area contributed by atoms with Gasteiger partial charge in [-0.3, -0.25) is 9.52 Å². The van der Waals surface area contributed by atoms with Crippen LogP contribution in [0.2, 0.25) is 5.02 Å². The molecule has 3 aromatic rings. The van der Waals surface area contributed by atoms with Crippen LogP contribution in [0, 0.1) is 12.7 Å². The molecule has 0 saturated carbocycles. The highest BCUT2D eigenvalue weighted by Gasteiger charge is 2.20. The summed E-state index contributed by atoms with van der Waals surface area (Å²) >= 11 is 5.98. The minimum atomic E-state index is -4.02. The number of sulfonamides is 1. The van der Waals surface area contributed by atoms with E-state index in [4.69, 9.17) is 11.6 Å². The predicted molar refractivity (Wildman–Crippen MR) is 117 cm³/mol. The van der Waals surface area contributed by atoms with Crippen LogP contribution in [0.5, 0.6) is 0 Å². The second kappa shape index (κ2) is 8.85. The number of anilines is 2. The zero-order chi connectivity index (χ0) is 21.9. The predicted octanol–water partition coefficient (Wildman–Crippen LogP) is 5.40. The number of nitrogens with one attached hydrogen (secondary N) is 2. The van der Waals surface area contributed by atoms with Crippen molar-refractivity contribution in [1.82, 2.24) is 0 Å². The molecule has 0 saturated heterocycles. The van der Waals surface area contributed by atoms with E-state index in [1.165, 1.54) is 18.2 Å². The first kappa shape index (κ1) is 21.8. The van der Waals surface area contributed by atoms with Crippen molar-refractivity contribution in [1.29, 1.82) is 0 Å².